The zero-order valence-corrected chi connectivity index (χ0v) is 18.9. The Morgan fingerprint density at radius 3 is 2.69 bits per heavy atom. The summed E-state index contributed by atoms with van der Waals surface area (Å²) in [4.78, 5) is 21.8. The van der Waals surface area contributed by atoms with E-state index in [-0.39, 0.29) is 30.5 Å². The highest BCUT2D eigenvalue weighted by molar-refractivity contribution is 5.78. The van der Waals surface area contributed by atoms with E-state index in [1.54, 1.807) is 6.20 Å². The summed E-state index contributed by atoms with van der Waals surface area (Å²) in [5, 5.41) is 10.1. The van der Waals surface area contributed by atoms with Crippen molar-refractivity contribution in [1.29, 1.82) is 0 Å². The number of carbonyl (C=O) groups excluding carboxylic acids is 1. The SMILES string of the molecule is CCCC#Cc1ccc([C@H]2[C@@H](CO)N3CCCCN(C(=O)Cc4ccccn4)C[C@@H]23)cc1. The van der Waals surface area contributed by atoms with Crippen LogP contribution in [0.5, 0.6) is 0 Å². The van der Waals surface area contributed by atoms with Crippen LogP contribution >= 0.6 is 0 Å². The van der Waals surface area contributed by atoms with Crippen LogP contribution in [0.25, 0.3) is 0 Å². The van der Waals surface area contributed by atoms with Crippen LogP contribution in [0.3, 0.4) is 0 Å². The van der Waals surface area contributed by atoms with Crippen molar-refractivity contribution < 1.29 is 9.90 Å². The smallest absolute Gasteiger partial charge is 0.228 e. The van der Waals surface area contributed by atoms with Gasteiger partial charge in [-0.1, -0.05) is 37.0 Å². The van der Waals surface area contributed by atoms with E-state index in [1.807, 2.05) is 23.1 Å². The lowest BCUT2D eigenvalue weighted by Crippen LogP contribution is -2.68. The Balaban J connectivity index is 1.50. The van der Waals surface area contributed by atoms with Crippen molar-refractivity contribution in [3.63, 3.8) is 0 Å². The van der Waals surface area contributed by atoms with E-state index in [1.165, 1.54) is 5.56 Å². The van der Waals surface area contributed by atoms with Gasteiger partial charge in [0.1, 0.15) is 0 Å². The first-order chi connectivity index (χ1) is 15.7. The van der Waals surface area contributed by atoms with Crippen LogP contribution in [0.2, 0.25) is 0 Å². The molecule has 2 saturated heterocycles. The third kappa shape index (κ3) is 5.03. The number of rotatable bonds is 5. The maximum absolute atomic E-state index is 13.1. The summed E-state index contributed by atoms with van der Waals surface area (Å²) in [6.45, 7) is 4.74. The Kier molecular flexibility index (Phi) is 7.57. The molecule has 0 spiro atoms. The lowest BCUT2D eigenvalue weighted by Gasteiger charge is -2.57. The molecular formula is C27H33N3O2. The second-order valence-corrected chi connectivity index (χ2v) is 8.80. The summed E-state index contributed by atoms with van der Waals surface area (Å²) in [6.07, 6.45) is 6.09. The fraction of sp³-hybridized carbons (Fsp3) is 0.481. The van der Waals surface area contributed by atoms with Gasteiger partial charge in [-0.15, -0.1) is 0 Å². The molecule has 3 atom stereocenters. The summed E-state index contributed by atoms with van der Waals surface area (Å²) in [5.41, 5.74) is 3.07. The summed E-state index contributed by atoms with van der Waals surface area (Å²) in [6, 6.07) is 14.5. The van der Waals surface area contributed by atoms with Crippen molar-refractivity contribution in [2.75, 3.05) is 26.2 Å². The minimum Gasteiger partial charge on any atom is -0.395 e. The van der Waals surface area contributed by atoms with Crippen LogP contribution < -0.4 is 0 Å². The number of unbranched alkanes of at least 4 members (excludes halogenated alkanes) is 1. The average molecular weight is 432 g/mol. The first-order valence-corrected chi connectivity index (χ1v) is 11.8. The van der Waals surface area contributed by atoms with E-state index in [9.17, 15) is 9.90 Å². The van der Waals surface area contributed by atoms with Gasteiger partial charge in [0.25, 0.3) is 0 Å². The highest BCUT2D eigenvalue weighted by atomic mass is 16.3. The number of aliphatic hydroxyl groups is 1. The number of carbonyl (C=O) groups is 1. The van der Waals surface area contributed by atoms with Gasteiger partial charge in [-0.25, -0.2) is 0 Å². The molecule has 0 unspecified atom stereocenters. The van der Waals surface area contributed by atoms with Gasteiger partial charge in [-0.05, 0) is 55.6 Å². The summed E-state index contributed by atoms with van der Waals surface area (Å²) >= 11 is 0. The minimum absolute atomic E-state index is 0.114. The molecule has 32 heavy (non-hydrogen) atoms. The van der Waals surface area contributed by atoms with Crippen molar-refractivity contribution >= 4 is 5.91 Å². The number of pyridine rings is 1. The van der Waals surface area contributed by atoms with E-state index in [0.717, 1.165) is 50.0 Å². The Hall–Kier alpha value is -2.68. The Morgan fingerprint density at radius 2 is 1.97 bits per heavy atom. The zero-order chi connectivity index (χ0) is 22.3. The van der Waals surface area contributed by atoms with Gasteiger partial charge in [0.2, 0.25) is 5.91 Å². The molecular weight excluding hydrogens is 398 g/mol. The van der Waals surface area contributed by atoms with Crippen LogP contribution in [0.4, 0.5) is 0 Å². The molecule has 0 saturated carbocycles. The lowest BCUT2D eigenvalue weighted by atomic mass is 9.74. The number of aliphatic hydroxyl groups excluding tert-OH is 1. The quantitative estimate of drug-likeness (QED) is 0.739. The third-order valence-electron chi connectivity index (χ3n) is 6.68. The molecule has 1 N–H and O–H groups in total. The molecule has 5 nitrogen and oxygen atoms in total. The van der Waals surface area contributed by atoms with Gasteiger partial charge in [0.15, 0.2) is 0 Å². The van der Waals surface area contributed by atoms with Crippen molar-refractivity contribution in [3.8, 4) is 11.8 Å². The van der Waals surface area contributed by atoms with Crippen LogP contribution in [0.15, 0.2) is 48.7 Å². The zero-order valence-electron chi connectivity index (χ0n) is 18.9. The molecule has 1 aromatic heterocycles. The van der Waals surface area contributed by atoms with Crippen LogP contribution in [0.1, 0.15) is 55.3 Å². The fourth-order valence-corrected chi connectivity index (χ4v) is 5.01. The average Bonchev–Trinajstić information content (AvgIpc) is 2.80. The number of benzene rings is 1. The van der Waals surface area contributed by atoms with E-state index in [0.29, 0.717) is 13.0 Å². The van der Waals surface area contributed by atoms with E-state index < -0.39 is 0 Å². The maximum Gasteiger partial charge on any atom is 0.228 e. The second kappa shape index (κ2) is 10.8. The largest absolute Gasteiger partial charge is 0.395 e. The predicted octanol–water partition coefficient (Wildman–Crippen LogP) is 3.23. The highest BCUT2D eigenvalue weighted by Gasteiger charge is 2.49. The standard InChI is InChI=1S/C27H33N3O2/c1-2-3-4-9-21-11-13-22(14-12-21)27-24-19-29(16-7-8-17-30(24)25(27)20-31)26(32)18-23-10-5-6-15-28-23/h5-6,10-15,24-25,27,31H,2-3,7-8,16-20H2,1H3/t24-,25+,27+/m0/s1. The van der Waals surface area contributed by atoms with Gasteiger partial charge in [0.05, 0.1) is 13.0 Å². The Labute approximate surface area is 191 Å². The number of aromatic nitrogens is 1. The molecule has 0 aliphatic carbocycles. The van der Waals surface area contributed by atoms with E-state index >= 15 is 0 Å². The monoisotopic (exact) mass is 431 g/mol. The fourth-order valence-electron chi connectivity index (χ4n) is 5.01. The molecule has 4 rings (SSSR count). The summed E-state index contributed by atoms with van der Waals surface area (Å²) in [7, 11) is 0. The molecule has 5 heteroatoms. The van der Waals surface area contributed by atoms with E-state index in [4.69, 9.17) is 0 Å². The van der Waals surface area contributed by atoms with Crippen molar-refractivity contribution in [1.82, 2.24) is 14.8 Å². The summed E-state index contributed by atoms with van der Waals surface area (Å²) < 4.78 is 0. The predicted molar refractivity (Wildman–Crippen MR) is 126 cm³/mol. The number of nitrogens with zero attached hydrogens (tertiary/aromatic N) is 3. The van der Waals surface area contributed by atoms with Gasteiger partial charge in [-0.2, -0.15) is 0 Å². The number of fused-ring (bicyclic) bond motifs is 1. The number of hydrogen-bond donors (Lipinski definition) is 1. The molecule has 168 valence electrons. The Bertz CT molecular complexity index is 948. The van der Waals surface area contributed by atoms with Crippen molar-refractivity contribution in [2.24, 2.45) is 0 Å². The molecule has 2 fully saturated rings. The molecule has 1 amide bonds. The normalized spacial score (nSPS) is 23.2. The van der Waals surface area contributed by atoms with Gasteiger partial charge in [0, 0.05) is 55.0 Å². The van der Waals surface area contributed by atoms with Gasteiger partial charge < -0.3 is 10.0 Å². The molecule has 0 bridgehead atoms. The van der Waals surface area contributed by atoms with Crippen LogP contribution in [-0.2, 0) is 11.2 Å². The minimum atomic E-state index is 0.114. The van der Waals surface area contributed by atoms with Crippen LogP contribution in [0, 0.1) is 11.8 Å². The number of amides is 1. The molecule has 3 heterocycles. The lowest BCUT2D eigenvalue weighted by molar-refractivity contribution is -0.135. The first kappa shape index (κ1) is 22.5. The number of hydrogen-bond acceptors (Lipinski definition) is 4. The third-order valence-corrected chi connectivity index (χ3v) is 6.68. The van der Waals surface area contributed by atoms with Crippen molar-refractivity contribution in [2.45, 2.75) is 57.0 Å². The van der Waals surface area contributed by atoms with E-state index in [2.05, 4.69) is 52.9 Å². The molecule has 1 aromatic carbocycles. The summed E-state index contributed by atoms with van der Waals surface area (Å²) in [5.74, 6) is 6.78. The van der Waals surface area contributed by atoms with Crippen LogP contribution in [-0.4, -0.2) is 64.1 Å². The first-order valence-electron chi connectivity index (χ1n) is 11.8. The Morgan fingerprint density at radius 1 is 1.16 bits per heavy atom. The maximum atomic E-state index is 13.1. The van der Waals surface area contributed by atoms with Crippen molar-refractivity contribution in [3.05, 3.63) is 65.5 Å². The highest BCUT2D eigenvalue weighted by Crippen LogP contribution is 2.42. The molecule has 2 aromatic rings. The topological polar surface area (TPSA) is 56.7 Å². The molecule has 2 aliphatic heterocycles. The second-order valence-electron chi connectivity index (χ2n) is 8.80. The van der Waals surface area contributed by atoms with Gasteiger partial charge in [-0.3, -0.25) is 14.7 Å². The molecule has 0 radical (unpaired) electrons. The van der Waals surface area contributed by atoms with Gasteiger partial charge >= 0.3 is 0 Å². The molecule has 2 aliphatic rings.